The topological polar surface area (TPSA) is 83.4 Å². The maximum Gasteiger partial charge on any atom is 0.234 e. The zero-order chi connectivity index (χ0) is 14.6. The maximum absolute atomic E-state index is 5.93. The molecule has 0 bridgehead atoms. The fourth-order valence-corrected chi connectivity index (χ4v) is 2.77. The first-order chi connectivity index (χ1) is 9.66. The number of rotatable bonds is 6. The second kappa shape index (κ2) is 6.20. The van der Waals surface area contributed by atoms with Crippen LogP contribution < -0.4 is 5.73 Å². The molecule has 0 radical (unpaired) electrons. The van der Waals surface area contributed by atoms with Gasteiger partial charge in [0.25, 0.3) is 0 Å². The van der Waals surface area contributed by atoms with Crippen molar-refractivity contribution in [2.24, 2.45) is 5.73 Å². The summed E-state index contributed by atoms with van der Waals surface area (Å²) in [6.45, 7) is 6.01. The fourth-order valence-electron chi connectivity index (χ4n) is 2.77. The summed E-state index contributed by atoms with van der Waals surface area (Å²) in [6, 6.07) is 0. The summed E-state index contributed by atoms with van der Waals surface area (Å²) < 4.78 is 16.6. The lowest BCUT2D eigenvalue weighted by Gasteiger charge is -2.32. The Morgan fingerprint density at radius 1 is 1.30 bits per heavy atom. The molecule has 0 spiro atoms. The number of nitrogens with zero attached hydrogens (tertiary/aromatic N) is 2. The lowest BCUT2D eigenvalue weighted by atomic mass is 9.82. The molecule has 0 aromatic carbocycles. The number of nitrogens with two attached hydrogens (primary N) is 1. The summed E-state index contributed by atoms with van der Waals surface area (Å²) in [5.41, 5.74) is 5.22. The molecule has 2 rings (SSSR count). The molecule has 20 heavy (non-hydrogen) atoms. The van der Waals surface area contributed by atoms with Crippen LogP contribution in [0.25, 0.3) is 0 Å². The normalized spacial score (nSPS) is 19.2. The van der Waals surface area contributed by atoms with Gasteiger partial charge in [-0.1, -0.05) is 19.0 Å². The van der Waals surface area contributed by atoms with Crippen LogP contribution in [0, 0.1) is 0 Å². The van der Waals surface area contributed by atoms with Crippen molar-refractivity contribution in [2.45, 2.75) is 50.5 Å². The number of methoxy groups -OCH3 is 1. The van der Waals surface area contributed by atoms with Crippen molar-refractivity contribution in [3.63, 3.8) is 0 Å². The molecule has 1 aliphatic rings. The van der Waals surface area contributed by atoms with Crippen LogP contribution in [0.5, 0.6) is 0 Å². The summed E-state index contributed by atoms with van der Waals surface area (Å²) in [6.07, 6.45) is 3.25. The van der Waals surface area contributed by atoms with E-state index in [0.29, 0.717) is 31.5 Å². The van der Waals surface area contributed by atoms with Gasteiger partial charge in [-0.3, -0.25) is 0 Å². The first kappa shape index (κ1) is 15.4. The highest BCUT2D eigenvalue weighted by atomic mass is 16.5. The Morgan fingerprint density at radius 2 is 1.95 bits per heavy atom. The molecule has 0 saturated carbocycles. The SMILES string of the molecule is CCC(CC)(CN)c1nc(C2(OC)CCOCC2)no1. The monoisotopic (exact) mass is 283 g/mol. The molecule has 0 aliphatic carbocycles. The standard InChI is InChI=1S/C14H25N3O3/c1-4-13(5-2,10-15)12-16-11(17-20-12)14(18-3)6-8-19-9-7-14/h4-10,15H2,1-3H3. The van der Waals surface area contributed by atoms with Crippen molar-refractivity contribution < 1.29 is 14.0 Å². The molecule has 1 aliphatic heterocycles. The molecule has 1 fully saturated rings. The largest absolute Gasteiger partial charge is 0.381 e. The van der Waals surface area contributed by atoms with Crippen molar-refractivity contribution in [3.8, 4) is 0 Å². The third-order valence-corrected chi connectivity index (χ3v) is 4.72. The summed E-state index contributed by atoms with van der Waals surface area (Å²) >= 11 is 0. The first-order valence-corrected chi connectivity index (χ1v) is 7.34. The highest BCUT2D eigenvalue weighted by Crippen LogP contribution is 2.36. The van der Waals surface area contributed by atoms with Crippen LogP contribution in [0.1, 0.15) is 51.2 Å². The van der Waals surface area contributed by atoms with Crippen molar-refractivity contribution in [2.75, 3.05) is 26.9 Å². The molecule has 0 amide bonds. The molecule has 0 atom stereocenters. The number of hydrogen-bond acceptors (Lipinski definition) is 6. The molecule has 0 unspecified atom stereocenters. The quantitative estimate of drug-likeness (QED) is 0.856. The second-order valence-electron chi connectivity index (χ2n) is 5.43. The summed E-state index contributed by atoms with van der Waals surface area (Å²) in [5, 5.41) is 4.17. The molecule has 6 heteroatoms. The molecule has 6 nitrogen and oxygen atoms in total. The summed E-state index contributed by atoms with van der Waals surface area (Å²) in [4.78, 5) is 4.62. The van der Waals surface area contributed by atoms with E-state index in [4.69, 9.17) is 19.7 Å². The fraction of sp³-hybridized carbons (Fsp3) is 0.857. The van der Waals surface area contributed by atoms with Gasteiger partial charge >= 0.3 is 0 Å². The first-order valence-electron chi connectivity index (χ1n) is 7.34. The Hall–Kier alpha value is -0.980. The molecule has 1 saturated heterocycles. The van der Waals surface area contributed by atoms with Gasteiger partial charge in [-0.05, 0) is 12.8 Å². The third-order valence-electron chi connectivity index (χ3n) is 4.72. The van der Waals surface area contributed by atoms with Crippen LogP contribution in [0.2, 0.25) is 0 Å². The Balaban J connectivity index is 2.31. The van der Waals surface area contributed by atoms with Crippen LogP contribution in [0.4, 0.5) is 0 Å². The van der Waals surface area contributed by atoms with Gasteiger partial charge in [0.2, 0.25) is 11.7 Å². The van der Waals surface area contributed by atoms with E-state index in [0.717, 1.165) is 25.7 Å². The predicted molar refractivity (Wildman–Crippen MR) is 74.4 cm³/mol. The minimum atomic E-state index is -0.484. The highest BCUT2D eigenvalue weighted by Gasteiger charge is 2.41. The molecule has 2 heterocycles. The van der Waals surface area contributed by atoms with Crippen LogP contribution >= 0.6 is 0 Å². The Morgan fingerprint density at radius 3 is 2.45 bits per heavy atom. The van der Waals surface area contributed by atoms with Crippen LogP contribution in [0.15, 0.2) is 4.52 Å². The summed E-state index contributed by atoms with van der Waals surface area (Å²) in [5.74, 6) is 1.25. The zero-order valence-electron chi connectivity index (χ0n) is 12.6. The van der Waals surface area contributed by atoms with Crippen molar-refractivity contribution >= 4 is 0 Å². The zero-order valence-corrected chi connectivity index (χ0v) is 12.6. The van der Waals surface area contributed by atoms with Gasteiger partial charge in [-0.2, -0.15) is 4.98 Å². The van der Waals surface area contributed by atoms with Gasteiger partial charge in [-0.15, -0.1) is 0 Å². The smallest absolute Gasteiger partial charge is 0.234 e. The highest BCUT2D eigenvalue weighted by molar-refractivity contribution is 5.10. The number of aromatic nitrogens is 2. The molecule has 2 N–H and O–H groups in total. The van der Waals surface area contributed by atoms with Crippen molar-refractivity contribution in [1.82, 2.24) is 10.1 Å². The van der Waals surface area contributed by atoms with Crippen LogP contribution in [-0.4, -0.2) is 37.0 Å². The average Bonchev–Trinajstić information content (AvgIpc) is 3.01. The van der Waals surface area contributed by atoms with E-state index in [1.807, 2.05) is 0 Å². The van der Waals surface area contributed by atoms with Gasteiger partial charge in [0.15, 0.2) is 0 Å². The predicted octanol–water partition coefficient (Wildman–Crippen LogP) is 1.74. The van der Waals surface area contributed by atoms with E-state index in [1.54, 1.807) is 7.11 Å². The van der Waals surface area contributed by atoms with E-state index in [2.05, 4.69) is 24.0 Å². The lowest BCUT2D eigenvalue weighted by Crippen LogP contribution is -2.37. The number of hydrogen-bond donors (Lipinski definition) is 1. The van der Waals surface area contributed by atoms with Crippen molar-refractivity contribution in [1.29, 1.82) is 0 Å². The molecular formula is C14H25N3O3. The van der Waals surface area contributed by atoms with Gasteiger partial charge in [0.1, 0.15) is 5.60 Å². The van der Waals surface area contributed by atoms with E-state index in [1.165, 1.54) is 0 Å². The van der Waals surface area contributed by atoms with Gasteiger partial charge < -0.3 is 19.7 Å². The minimum Gasteiger partial charge on any atom is -0.381 e. The maximum atomic E-state index is 5.93. The Kier molecular flexibility index (Phi) is 4.78. The minimum absolute atomic E-state index is 0.231. The Bertz CT molecular complexity index is 415. The van der Waals surface area contributed by atoms with Crippen LogP contribution in [0.3, 0.4) is 0 Å². The van der Waals surface area contributed by atoms with E-state index < -0.39 is 5.60 Å². The third kappa shape index (κ3) is 2.47. The second-order valence-corrected chi connectivity index (χ2v) is 5.43. The van der Waals surface area contributed by atoms with Crippen LogP contribution in [-0.2, 0) is 20.5 Å². The Labute approximate surface area is 120 Å². The average molecular weight is 283 g/mol. The van der Waals surface area contributed by atoms with Gasteiger partial charge in [-0.25, -0.2) is 0 Å². The molecule has 1 aromatic rings. The molecular weight excluding hydrogens is 258 g/mol. The van der Waals surface area contributed by atoms with E-state index in [-0.39, 0.29) is 5.41 Å². The van der Waals surface area contributed by atoms with Gasteiger partial charge in [0.05, 0.1) is 5.41 Å². The van der Waals surface area contributed by atoms with Gasteiger partial charge in [0, 0.05) is 39.7 Å². The van der Waals surface area contributed by atoms with E-state index >= 15 is 0 Å². The lowest BCUT2D eigenvalue weighted by molar-refractivity contribution is -0.101. The summed E-state index contributed by atoms with van der Waals surface area (Å²) in [7, 11) is 1.69. The van der Waals surface area contributed by atoms with E-state index in [9.17, 15) is 0 Å². The molecule has 114 valence electrons. The van der Waals surface area contributed by atoms with Crippen molar-refractivity contribution in [3.05, 3.63) is 11.7 Å². The number of ether oxygens (including phenoxy) is 2. The molecule has 1 aromatic heterocycles.